The van der Waals surface area contributed by atoms with Crippen molar-refractivity contribution >= 4 is 0 Å². The largest absolute Gasteiger partial charge is 0.494 e. The van der Waals surface area contributed by atoms with Crippen LogP contribution in [-0.4, -0.2) is 23.4 Å². The topological polar surface area (TPSA) is 49.7 Å². The minimum Gasteiger partial charge on any atom is -0.494 e. The normalized spacial score (nSPS) is 12.5. The molecular formula is C11H16O3. The summed E-state index contributed by atoms with van der Waals surface area (Å²) < 4.78 is 5.38. The van der Waals surface area contributed by atoms with Crippen molar-refractivity contribution in [1.29, 1.82) is 0 Å². The van der Waals surface area contributed by atoms with E-state index in [1.54, 1.807) is 24.3 Å². The van der Waals surface area contributed by atoms with Gasteiger partial charge in [-0.15, -0.1) is 0 Å². The zero-order valence-electron chi connectivity index (χ0n) is 8.31. The van der Waals surface area contributed by atoms with Gasteiger partial charge in [-0.05, 0) is 24.1 Å². The second-order valence-electron chi connectivity index (χ2n) is 3.12. The van der Waals surface area contributed by atoms with E-state index in [1.807, 2.05) is 6.92 Å². The van der Waals surface area contributed by atoms with Gasteiger partial charge in [0.25, 0.3) is 0 Å². The molecule has 0 saturated heterocycles. The van der Waals surface area contributed by atoms with E-state index in [2.05, 4.69) is 0 Å². The highest BCUT2D eigenvalue weighted by atomic mass is 16.5. The molecule has 1 unspecified atom stereocenters. The molecule has 1 atom stereocenters. The summed E-state index contributed by atoms with van der Waals surface area (Å²) in [7, 11) is 0. The quantitative estimate of drug-likeness (QED) is 0.750. The fourth-order valence-electron chi connectivity index (χ4n) is 1.11. The third-order valence-corrected chi connectivity index (χ3v) is 1.91. The molecule has 1 aromatic carbocycles. The highest BCUT2D eigenvalue weighted by Gasteiger charge is 2.04. The molecule has 2 N–H and O–H groups in total. The SMILES string of the molecule is CCCOc1ccc(C(O)CO)cc1. The highest BCUT2D eigenvalue weighted by molar-refractivity contribution is 5.28. The zero-order valence-corrected chi connectivity index (χ0v) is 8.31. The molecule has 0 radical (unpaired) electrons. The van der Waals surface area contributed by atoms with Gasteiger partial charge in [-0.25, -0.2) is 0 Å². The maximum atomic E-state index is 9.31. The number of hydrogen-bond donors (Lipinski definition) is 2. The molecule has 0 saturated carbocycles. The summed E-state index contributed by atoms with van der Waals surface area (Å²) in [6, 6.07) is 7.10. The standard InChI is InChI=1S/C11H16O3/c1-2-7-14-10-5-3-9(4-6-10)11(13)8-12/h3-6,11-13H,2,7-8H2,1H3. The minimum atomic E-state index is -0.796. The summed E-state index contributed by atoms with van der Waals surface area (Å²) in [6.45, 7) is 2.49. The lowest BCUT2D eigenvalue weighted by atomic mass is 10.1. The Morgan fingerprint density at radius 3 is 2.43 bits per heavy atom. The molecule has 0 amide bonds. The van der Waals surface area contributed by atoms with Crippen molar-refractivity contribution in [3.8, 4) is 5.75 Å². The summed E-state index contributed by atoms with van der Waals surface area (Å²) in [5, 5.41) is 18.0. The van der Waals surface area contributed by atoms with E-state index in [1.165, 1.54) is 0 Å². The van der Waals surface area contributed by atoms with Gasteiger partial charge in [0.05, 0.1) is 13.2 Å². The zero-order chi connectivity index (χ0) is 10.4. The number of benzene rings is 1. The molecule has 3 heteroatoms. The van der Waals surface area contributed by atoms with E-state index in [-0.39, 0.29) is 6.61 Å². The fraction of sp³-hybridized carbons (Fsp3) is 0.455. The van der Waals surface area contributed by atoms with Crippen molar-refractivity contribution in [2.45, 2.75) is 19.4 Å². The molecule has 0 heterocycles. The van der Waals surface area contributed by atoms with Gasteiger partial charge in [0.15, 0.2) is 0 Å². The molecule has 0 bridgehead atoms. The van der Waals surface area contributed by atoms with Crippen LogP contribution in [0.25, 0.3) is 0 Å². The number of aliphatic hydroxyl groups is 2. The van der Waals surface area contributed by atoms with Gasteiger partial charge in [-0.2, -0.15) is 0 Å². The first-order valence-corrected chi connectivity index (χ1v) is 4.79. The Labute approximate surface area is 84.0 Å². The van der Waals surface area contributed by atoms with E-state index in [4.69, 9.17) is 9.84 Å². The van der Waals surface area contributed by atoms with Gasteiger partial charge in [0.1, 0.15) is 11.9 Å². The Kier molecular flexibility index (Phi) is 4.43. The summed E-state index contributed by atoms with van der Waals surface area (Å²) >= 11 is 0. The van der Waals surface area contributed by atoms with E-state index in [0.717, 1.165) is 12.2 Å². The van der Waals surface area contributed by atoms with Gasteiger partial charge in [0, 0.05) is 0 Å². The molecule has 78 valence electrons. The second kappa shape index (κ2) is 5.62. The Bertz CT molecular complexity index is 256. The monoisotopic (exact) mass is 196 g/mol. The fourth-order valence-corrected chi connectivity index (χ4v) is 1.11. The van der Waals surface area contributed by atoms with Gasteiger partial charge in [0.2, 0.25) is 0 Å². The van der Waals surface area contributed by atoms with Gasteiger partial charge in [-0.3, -0.25) is 0 Å². The molecule has 0 aliphatic heterocycles. The molecule has 1 aromatic rings. The van der Waals surface area contributed by atoms with Crippen LogP contribution in [0.2, 0.25) is 0 Å². The molecule has 1 rings (SSSR count). The lowest BCUT2D eigenvalue weighted by Crippen LogP contribution is -2.02. The molecule has 0 aromatic heterocycles. The third kappa shape index (κ3) is 3.01. The summed E-state index contributed by atoms with van der Waals surface area (Å²) in [5.74, 6) is 0.792. The number of aliphatic hydroxyl groups excluding tert-OH is 2. The smallest absolute Gasteiger partial charge is 0.119 e. The van der Waals surface area contributed by atoms with Crippen molar-refractivity contribution in [3.05, 3.63) is 29.8 Å². The van der Waals surface area contributed by atoms with Crippen molar-refractivity contribution < 1.29 is 14.9 Å². The number of rotatable bonds is 5. The van der Waals surface area contributed by atoms with Crippen LogP contribution in [-0.2, 0) is 0 Å². The molecule has 0 spiro atoms. The first-order valence-electron chi connectivity index (χ1n) is 4.79. The van der Waals surface area contributed by atoms with Crippen LogP contribution in [0.4, 0.5) is 0 Å². The Morgan fingerprint density at radius 1 is 1.29 bits per heavy atom. The van der Waals surface area contributed by atoms with Crippen molar-refractivity contribution in [2.24, 2.45) is 0 Å². The third-order valence-electron chi connectivity index (χ3n) is 1.91. The predicted octanol–water partition coefficient (Wildman–Crippen LogP) is 1.50. The molecule has 14 heavy (non-hydrogen) atoms. The summed E-state index contributed by atoms with van der Waals surface area (Å²) in [6.07, 6.45) is 0.177. The van der Waals surface area contributed by atoms with Crippen LogP contribution in [0.5, 0.6) is 5.75 Å². The van der Waals surface area contributed by atoms with Crippen molar-refractivity contribution in [1.82, 2.24) is 0 Å². The average Bonchev–Trinajstić information content (AvgIpc) is 2.26. The van der Waals surface area contributed by atoms with Gasteiger partial charge >= 0.3 is 0 Å². The Morgan fingerprint density at radius 2 is 1.93 bits per heavy atom. The molecular weight excluding hydrogens is 180 g/mol. The Hall–Kier alpha value is -1.06. The van der Waals surface area contributed by atoms with Crippen LogP contribution in [0.15, 0.2) is 24.3 Å². The van der Waals surface area contributed by atoms with Crippen molar-refractivity contribution in [3.63, 3.8) is 0 Å². The maximum Gasteiger partial charge on any atom is 0.119 e. The minimum absolute atomic E-state index is 0.255. The first-order chi connectivity index (χ1) is 6.77. The van der Waals surface area contributed by atoms with E-state index >= 15 is 0 Å². The Balaban J connectivity index is 2.59. The van der Waals surface area contributed by atoms with E-state index in [9.17, 15) is 5.11 Å². The van der Waals surface area contributed by atoms with Crippen molar-refractivity contribution in [2.75, 3.05) is 13.2 Å². The summed E-state index contributed by atoms with van der Waals surface area (Å²) in [5.41, 5.74) is 0.705. The lowest BCUT2D eigenvalue weighted by Gasteiger charge is -2.09. The van der Waals surface area contributed by atoms with Gasteiger partial charge in [-0.1, -0.05) is 19.1 Å². The lowest BCUT2D eigenvalue weighted by molar-refractivity contribution is 0.0955. The molecule has 0 fully saturated rings. The number of ether oxygens (including phenoxy) is 1. The maximum absolute atomic E-state index is 9.31. The highest BCUT2D eigenvalue weighted by Crippen LogP contribution is 2.17. The molecule has 3 nitrogen and oxygen atoms in total. The van der Waals surface area contributed by atoms with Gasteiger partial charge < -0.3 is 14.9 Å². The van der Waals surface area contributed by atoms with Crippen LogP contribution in [0.1, 0.15) is 25.0 Å². The molecule has 0 aliphatic carbocycles. The van der Waals surface area contributed by atoms with Crippen LogP contribution >= 0.6 is 0 Å². The predicted molar refractivity (Wildman–Crippen MR) is 54.3 cm³/mol. The second-order valence-corrected chi connectivity index (χ2v) is 3.12. The van der Waals surface area contributed by atoms with E-state index in [0.29, 0.717) is 12.2 Å². The van der Waals surface area contributed by atoms with Crippen LogP contribution in [0.3, 0.4) is 0 Å². The molecule has 0 aliphatic rings. The average molecular weight is 196 g/mol. The van der Waals surface area contributed by atoms with E-state index < -0.39 is 6.10 Å². The first kappa shape index (κ1) is 11.0. The van der Waals surface area contributed by atoms with Crippen LogP contribution < -0.4 is 4.74 Å². The summed E-state index contributed by atoms with van der Waals surface area (Å²) in [4.78, 5) is 0. The van der Waals surface area contributed by atoms with Crippen LogP contribution in [0, 0.1) is 0 Å². The number of hydrogen-bond acceptors (Lipinski definition) is 3.